The van der Waals surface area contributed by atoms with Gasteiger partial charge in [0.2, 0.25) is 0 Å². The summed E-state index contributed by atoms with van der Waals surface area (Å²) in [6.07, 6.45) is 1.55. The van der Waals surface area contributed by atoms with E-state index in [1.165, 1.54) is 6.07 Å². The normalized spacial score (nSPS) is 11.5. The van der Waals surface area contributed by atoms with Crippen molar-refractivity contribution >= 4 is 18.3 Å². The van der Waals surface area contributed by atoms with E-state index in [9.17, 15) is 9.18 Å². The molecule has 0 aliphatic rings. The number of carbonyl (C=O) groups excluding carboxylic acids is 1. The number of aromatic nitrogens is 1. The van der Waals surface area contributed by atoms with Crippen molar-refractivity contribution in [3.8, 4) is 0 Å². The Kier molecular flexibility index (Phi) is 6.46. The van der Waals surface area contributed by atoms with Gasteiger partial charge in [0.25, 0.3) is 5.91 Å². The van der Waals surface area contributed by atoms with Gasteiger partial charge in [0.1, 0.15) is 5.82 Å². The molecule has 0 bridgehead atoms. The first-order chi connectivity index (χ1) is 10.0. The van der Waals surface area contributed by atoms with E-state index >= 15 is 0 Å². The maximum absolute atomic E-state index is 13.6. The number of hydrogen-bond donors (Lipinski definition) is 2. The van der Waals surface area contributed by atoms with Crippen molar-refractivity contribution in [1.29, 1.82) is 0 Å². The van der Waals surface area contributed by atoms with Crippen molar-refractivity contribution in [3.05, 3.63) is 64.7 Å². The molecule has 1 aromatic heterocycles. The molecule has 0 spiro atoms. The highest BCUT2D eigenvalue weighted by molar-refractivity contribution is 5.94. The molecule has 0 saturated heterocycles. The number of benzene rings is 1. The third kappa shape index (κ3) is 4.26. The molecule has 3 N–H and O–H groups in total. The molecule has 0 radical (unpaired) electrons. The predicted molar refractivity (Wildman–Crippen MR) is 86.4 cm³/mol. The summed E-state index contributed by atoms with van der Waals surface area (Å²) in [5.74, 6) is -0.511. The number of nitrogens with zero attached hydrogens (tertiary/aromatic N) is 1. The van der Waals surface area contributed by atoms with Crippen LogP contribution in [0.5, 0.6) is 0 Å². The average molecular weight is 324 g/mol. The van der Waals surface area contributed by atoms with Gasteiger partial charge in [-0.05, 0) is 43.2 Å². The monoisotopic (exact) mass is 323 g/mol. The number of nitrogens with one attached hydrogen (secondary N) is 1. The van der Waals surface area contributed by atoms with E-state index in [4.69, 9.17) is 5.73 Å². The molecule has 2 rings (SSSR count). The van der Waals surface area contributed by atoms with Gasteiger partial charge >= 0.3 is 0 Å². The maximum atomic E-state index is 13.6. The molecule has 1 aromatic carbocycles. The third-order valence-corrected chi connectivity index (χ3v) is 3.33. The average Bonchev–Trinajstić information content (AvgIpc) is 2.49. The first kappa shape index (κ1) is 18.1. The molecular formula is C16H19ClFN3O. The molecule has 6 heteroatoms. The smallest absolute Gasteiger partial charge is 0.251 e. The lowest BCUT2D eigenvalue weighted by molar-refractivity contribution is 0.0939. The van der Waals surface area contributed by atoms with Gasteiger partial charge in [-0.1, -0.05) is 12.1 Å². The van der Waals surface area contributed by atoms with Crippen LogP contribution in [0.2, 0.25) is 0 Å². The van der Waals surface area contributed by atoms with Crippen LogP contribution >= 0.6 is 12.4 Å². The van der Waals surface area contributed by atoms with Crippen LogP contribution in [0.15, 0.2) is 36.5 Å². The van der Waals surface area contributed by atoms with Crippen LogP contribution in [-0.4, -0.2) is 10.9 Å². The topological polar surface area (TPSA) is 68.0 Å². The van der Waals surface area contributed by atoms with Gasteiger partial charge in [0.05, 0.1) is 11.7 Å². The number of nitrogens with two attached hydrogens (primary N) is 1. The van der Waals surface area contributed by atoms with Crippen LogP contribution < -0.4 is 11.1 Å². The number of amides is 1. The summed E-state index contributed by atoms with van der Waals surface area (Å²) in [6, 6.07) is 7.93. The summed E-state index contributed by atoms with van der Waals surface area (Å²) >= 11 is 0. The first-order valence-electron chi connectivity index (χ1n) is 6.73. The molecule has 22 heavy (non-hydrogen) atoms. The minimum Gasteiger partial charge on any atom is -0.346 e. The molecule has 0 fully saturated rings. The van der Waals surface area contributed by atoms with Crippen molar-refractivity contribution in [2.45, 2.75) is 26.4 Å². The fourth-order valence-electron chi connectivity index (χ4n) is 1.97. The van der Waals surface area contributed by atoms with Crippen molar-refractivity contribution in [3.63, 3.8) is 0 Å². The molecule has 0 aliphatic heterocycles. The Hall–Kier alpha value is -1.98. The van der Waals surface area contributed by atoms with Crippen LogP contribution in [0.4, 0.5) is 4.39 Å². The lowest BCUT2D eigenvalue weighted by Gasteiger charge is -2.15. The van der Waals surface area contributed by atoms with Gasteiger partial charge in [-0.25, -0.2) is 4.39 Å². The van der Waals surface area contributed by atoms with E-state index < -0.39 is 0 Å². The molecule has 2 aromatic rings. The fourth-order valence-corrected chi connectivity index (χ4v) is 1.97. The predicted octanol–water partition coefficient (Wildman–Crippen LogP) is 2.90. The molecule has 0 saturated carbocycles. The molecule has 1 atom stereocenters. The number of carbonyl (C=O) groups is 1. The summed E-state index contributed by atoms with van der Waals surface area (Å²) in [4.78, 5) is 16.2. The zero-order chi connectivity index (χ0) is 15.4. The summed E-state index contributed by atoms with van der Waals surface area (Å²) in [5.41, 5.74) is 7.95. The van der Waals surface area contributed by atoms with Crippen LogP contribution in [0.3, 0.4) is 0 Å². The number of pyridine rings is 1. The van der Waals surface area contributed by atoms with Gasteiger partial charge in [-0.2, -0.15) is 0 Å². The quantitative estimate of drug-likeness (QED) is 0.909. The van der Waals surface area contributed by atoms with E-state index in [0.717, 1.165) is 5.56 Å². The van der Waals surface area contributed by atoms with Crippen molar-refractivity contribution < 1.29 is 9.18 Å². The Morgan fingerprint density at radius 1 is 1.36 bits per heavy atom. The summed E-state index contributed by atoms with van der Waals surface area (Å²) in [6.45, 7) is 3.79. The third-order valence-electron chi connectivity index (χ3n) is 3.33. The van der Waals surface area contributed by atoms with Crippen LogP contribution in [0.25, 0.3) is 0 Å². The highest BCUT2D eigenvalue weighted by Gasteiger charge is 2.13. The Morgan fingerprint density at radius 3 is 2.73 bits per heavy atom. The highest BCUT2D eigenvalue weighted by Crippen LogP contribution is 2.17. The van der Waals surface area contributed by atoms with Crippen LogP contribution in [-0.2, 0) is 6.54 Å². The lowest BCUT2D eigenvalue weighted by atomic mass is 10.1. The highest BCUT2D eigenvalue weighted by atomic mass is 35.5. The first-order valence-corrected chi connectivity index (χ1v) is 6.73. The zero-order valence-corrected chi connectivity index (χ0v) is 13.3. The summed E-state index contributed by atoms with van der Waals surface area (Å²) < 4.78 is 13.6. The Balaban J connectivity index is 0.00000242. The molecule has 4 nitrogen and oxygen atoms in total. The van der Waals surface area contributed by atoms with Gasteiger partial charge in [0, 0.05) is 18.3 Å². The second-order valence-corrected chi connectivity index (χ2v) is 4.94. The second-order valence-electron chi connectivity index (χ2n) is 4.94. The number of hydrogen-bond acceptors (Lipinski definition) is 3. The van der Waals surface area contributed by atoms with Gasteiger partial charge in [0.15, 0.2) is 0 Å². The van der Waals surface area contributed by atoms with E-state index in [0.29, 0.717) is 16.8 Å². The molecule has 1 unspecified atom stereocenters. The van der Waals surface area contributed by atoms with E-state index in [1.54, 1.807) is 37.4 Å². The molecule has 118 valence electrons. The largest absolute Gasteiger partial charge is 0.346 e. The zero-order valence-electron chi connectivity index (χ0n) is 12.5. The van der Waals surface area contributed by atoms with E-state index in [1.807, 2.05) is 6.92 Å². The van der Waals surface area contributed by atoms with E-state index in [2.05, 4.69) is 10.3 Å². The molecular weight excluding hydrogens is 305 g/mol. The Morgan fingerprint density at radius 2 is 2.09 bits per heavy atom. The Bertz CT molecular complexity index is 664. The fraction of sp³-hybridized carbons (Fsp3) is 0.250. The lowest BCUT2D eigenvalue weighted by Crippen LogP contribution is -2.27. The Labute approximate surface area is 135 Å². The minimum atomic E-state index is -0.290. The van der Waals surface area contributed by atoms with Crippen molar-refractivity contribution in [1.82, 2.24) is 10.3 Å². The summed E-state index contributed by atoms with van der Waals surface area (Å²) in [7, 11) is 0. The van der Waals surface area contributed by atoms with Crippen LogP contribution in [0.1, 0.15) is 40.1 Å². The van der Waals surface area contributed by atoms with Crippen LogP contribution in [0, 0.1) is 12.7 Å². The number of aryl methyl sites for hydroxylation is 1. The number of halogens is 2. The minimum absolute atomic E-state index is 0. The summed E-state index contributed by atoms with van der Waals surface area (Å²) in [5, 5.41) is 2.84. The molecule has 1 amide bonds. The van der Waals surface area contributed by atoms with Gasteiger partial charge in [-0.15, -0.1) is 12.4 Å². The SMILES string of the molecule is Cc1ccc(C(C)NC(=O)c2ccnc(CN)c2)cc1F.Cl. The number of rotatable bonds is 4. The maximum Gasteiger partial charge on any atom is 0.251 e. The standard InChI is InChI=1S/C16H18FN3O.ClH/c1-10-3-4-12(8-15(10)17)11(2)20-16(21)13-5-6-19-14(7-13)9-18;/h3-8,11H,9,18H2,1-2H3,(H,20,21);1H. The van der Waals surface area contributed by atoms with Crippen molar-refractivity contribution in [2.24, 2.45) is 5.73 Å². The van der Waals surface area contributed by atoms with E-state index in [-0.39, 0.29) is 36.7 Å². The molecule has 1 heterocycles. The second kappa shape index (κ2) is 7.87. The van der Waals surface area contributed by atoms with Gasteiger partial charge < -0.3 is 11.1 Å². The van der Waals surface area contributed by atoms with Gasteiger partial charge in [-0.3, -0.25) is 9.78 Å². The molecule has 0 aliphatic carbocycles. The van der Waals surface area contributed by atoms with Crippen molar-refractivity contribution in [2.75, 3.05) is 0 Å².